The Kier molecular flexibility index (Phi) is 2.62. The molecule has 0 aliphatic carbocycles. The summed E-state index contributed by atoms with van der Waals surface area (Å²) < 4.78 is 11.7. The van der Waals surface area contributed by atoms with Crippen molar-refractivity contribution in [3.05, 3.63) is 63.9 Å². The minimum atomic E-state index is -0.522. The van der Waals surface area contributed by atoms with Crippen LogP contribution in [0.25, 0.3) is 16.8 Å². The first-order chi connectivity index (χ1) is 10.2. The van der Waals surface area contributed by atoms with Gasteiger partial charge in [0.25, 0.3) is 0 Å². The molecule has 5 nitrogen and oxygen atoms in total. The van der Waals surface area contributed by atoms with Crippen LogP contribution < -0.4 is 10.5 Å². The van der Waals surface area contributed by atoms with Crippen LogP contribution in [0.2, 0.25) is 5.02 Å². The first kappa shape index (κ1) is 12.2. The molecule has 0 radical (unpaired) electrons. The van der Waals surface area contributed by atoms with Crippen LogP contribution in [-0.2, 0) is 6.61 Å². The first-order valence-corrected chi connectivity index (χ1v) is 6.71. The monoisotopic (exact) mass is 300 g/mol. The smallest absolute Gasteiger partial charge is 0.446 e. The van der Waals surface area contributed by atoms with Gasteiger partial charge in [0.2, 0.25) is 0 Å². The Morgan fingerprint density at radius 3 is 2.90 bits per heavy atom. The fraction of sp³-hybridized carbons (Fsp3) is 0.0667. The fourth-order valence-corrected chi connectivity index (χ4v) is 2.67. The maximum atomic E-state index is 11.8. The molecule has 0 spiro atoms. The molecule has 0 fully saturated rings. The molecule has 0 N–H and O–H groups in total. The molecule has 1 aromatic heterocycles. The molecular formula is C15H9ClN2O3. The second-order valence-electron chi connectivity index (χ2n) is 4.65. The quantitative estimate of drug-likeness (QED) is 0.693. The molecule has 0 atom stereocenters. The molecule has 6 heteroatoms. The summed E-state index contributed by atoms with van der Waals surface area (Å²) in [5, 5.41) is 4.34. The van der Waals surface area contributed by atoms with Gasteiger partial charge in [-0.05, 0) is 23.8 Å². The third-order valence-electron chi connectivity index (χ3n) is 3.41. The van der Waals surface area contributed by atoms with Crippen molar-refractivity contribution < 1.29 is 9.26 Å². The average molecular weight is 301 g/mol. The lowest BCUT2D eigenvalue weighted by Crippen LogP contribution is -2.21. The van der Waals surface area contributed by atoms with Gasteiger partial charge in [-0.3, -0.25) is 4.52 Å². The molecule has 1 aliphatic rings. The van der Waals surface area contributed by atoms with Gasteiger partial charge >= 0.3 is 5.76 Å². The van der Waals surface area contributed by atoms with Crippen LogP contribution in [0.4, 0.5) is 0 Å². The van der Waals surface area contributed by atoms with E-state index in [1.165, 1.54) is 4.57 Å². The van der Waals surface area contributed by atoms with E-state index in [1.54, 1.807) is 0 Å². The third kappa shape index (κ3) is 1.86. The summed E-state index contributed by atoms with van der Waals surface area (Å²) in [5.41, 5.74) is 2.39. The Balaban J connectivity index is 1.95. The molecule has 0 saturated carbocycles. The highest BCUT2D eigenvalue weighted by molar-refractivity contribution is 6.33. The van der Waals surface area contributed by atoms with Gasteiger partial charge in [0.05, 0.1) is 5.69 Å². The van der Waals surface area contributed by atoms with Gasteiger partial charge in [-0.25, -0.2) is 9.36 Å². The van der Waals surface area contributed by atoms with E-state index in [4.69, 9.17) is 20.9 Å². The maximum Gasteiger partial charge on any atom is 0.446 e. The number of hydrogen-bond donors (Lipinski definition) is 0. The van der Waals surface area contributed by atoms with Gasteiger partial charge in [0.1, 0.15) is 5.75 Å². The second kappa shape index (κ2) is 4.49. The van der Waals surface area contributed by atoms with E-state index in [1.807, 2.05) is 42.5 Å². The second-order valence-corrected chi connectivity index (χ2v) is 5.06. The van der Waals surface area contributed by atoms with Crippen molar-refractivity contribution >= 4 is 11.6 Å². The highest BCUT2D eigenvalue weighted by atomic mass is 35.5. The van der Waals surface area contributed by atoms with Crippen molar-refractivity contribution in [3.8, 4) is 22.6 Å². The lowest BCUT2D eigenvalue weighted by molar-refractivity contribution is 0.274. The zero-order valence-electron chi connectivity index (χ0n) is 10.7. The standard InChI is InChI=1S/C15H9ClN2O3/c16-11-4-2-1-3-10(11)9-5-6-13-12(7-9)18-14(8-20-13)17-21-15(18)19/h1-7H,8H2. The zero-order valence-corrected chi connectivity index (χ0v) is 11.5. The molecular weight excluding hydrogens is 292 g/mol. The molecule has 2 heterocycles. The van der Waals surface area contributed by atoms with Gasteiger partial charge in [0.15, 0.2) is 12.4 Å². The summed E-state index contributed by atoms with van der Waals surface area (Å²) in [6.07, 6.45) is 0. The SMILES string of the molecule is O=c1onc2n1-c1cc(-c3ccccc3Cl)ccc1OC2. The number of nitrogens with zero attached hydrogens (tertiary/aromatic N) is 2. The lowest BCUT2D eigenvalue weighted by Gasteiger charge is -2.18. The Hall–Kier alpha value is -2.53. The molecule has 21 heavy (non-hydrogen) atoms. The van der Waals surface area contributed by atoms with Crippen LogP contribution in [0.15, 0.2) is 51.8 Å². The van der Waals surface area contributed by atoms with Gasteiger partial charge < -0.3 is 4.74 Å². The molecule has 3 aromatic rings. The Labute approximate surface area is 124 Å². The molecule has 0 unspecified atom stereocenters. The van der Waals surface area contributed by atoms with Crippen LogP contribution in [0.3, 0.4) is 0 Å². The van der Waals surface area contributed by atoms with E-state index in [-0.39, 0.29) is 6.61 Å². The topological polar surface area (TPSA) is 57.3 Å². The number of benzene rings is 2. The van der Waals surface area contributed by atoms with E-state index >= 15 is 0 Å². The summed E-state index contributed by atoms with van der Waals surface area (Å²) in [7, 11) is 0. The number of ether oxygens (including phenoxy) is 1. The molecule has 0 saturated heterocycles. The summed E-state index contributed by atoms with van der Waals surface area (Å²) in [6.45, 7) is 0.212. The van der Waals surface area contributed by atoms with Crippen LogP contribution in [0.5, 0.6) is 5.75 Å². The van der Waals surface area contributed by atoms with Gasteiger partial charge in [-0.1, -0.05) is 41.0 Å². The summed E-state index contributed by atoms with van der Waals surface area (Å²) >= 11 is 6.22. The highest BCUT2D eigenvalue weighted by Gasteiger charge is 2.22. The van der Waals surface area contributed by atoms with Crippen molar-refractivity contribution in [2.45, 2.75) is 6.61 Å². The lowest BCUT2D eigenvalue weighted by atomic mass is 10.0. The van der Waals surface area contributed by atoms with Gasteiger partial charge in [-0.15, -0.1) is 0 Å². The van der Waals surface area contributed by atoms with Crippen molar-refractivity contribution in [3.63, 3.8) is 0 Å². The molecule has 1 aliphatic heterocycles. The Morgan fingerprint density at radius 1 is 1.19 bits per heavy atom. The number of fused-ring (bicyclic) bond motifs is 3. The molecule has 104 valence electrons. The van der Waals surface area contributed by atoms with Crippen molar-refractivity contribution in [2.24, 2.45) is 0 Å². The molecule has 2 aromatic carbocycles. The predicted octanol–water partition coefficient (Wildman–Crippen LogP) is 3.04. The van der Waals surface area contributed by atoms with Crippen LogP contribution in [0.1, 0.15) is 5.82 Å². The largest absolute Gasteiger partial charge is 0.483 e. The fourth-order valence-electron chi connectivity index (χ4n) is 2.43. The van der Waals surface area contributed by atoms with Crippen molar-refractivity contribution in [1.82, 2.24) is 9.72 Å². The predicted molar refractivity (Wildman–Crippen MR) is 76.9 cm³/mol. The summed E-state index contributed by atoms with van der Waals surface area (Å²) in [6, 6.07) is 13.1. The Morgan fingerprint density at radius 2 is 2.05 bits per heavy atom. The minimum Gasteiger partial charge on any atom is -0.483 e. The van der Waals surface area contributed by atoms with Crippen molar-refractivity contribution in [1.29, 1.82) is 0 Å². The van der Waals surface area contributed by atoms with E-state index < -0.39 is 5.76 Å². The molecule has 4 rings (SSSR count). The number of hydrogen-bond acceptors (Lipinski definition) is 4. The van der Waals surface area contributed by atoms with E-state index in [0.29, 0.717) is 22.3 Å². The molecule has 0 bridgehead atoms. The maximum absolute atomic E-state index is 11.8. The molecule has 0 amide bonds. The van der Waals surface area contributed by atoms with E-state index in [0.717, 1.165) is 11.1 Å². The van der Waals surface area contributed by atoms with E-state index in [2.05, 4.69) is 5.16 Å². The Bertz CT molecular complexity index is 898. The summed E-state index contributed by atoms with van der Waals surface area (Å²) in [5.74, 6) is 0.540. The van der Waals surface area contributed by atoms with Crippen LogP contribution >= 0.6 is 11.6 Å². The number of aromatic nitrogens is 2. The first-order valence-electron chi connectivity index (χ1n) is 6.34. The normalized spacial score (nSPS) is 12.4. The van der Waals surface area contributed by atoms with Crippen LogP contribution in [0, 0.1) is 0 Å². The van der Waals surface area contributed by atoms with Crippen LogP contribution in [-0.4, -0.2) is 9.72 Å². The summed E-state index contributed by atoms with van der Waals surface area (Å²) in [4.78, 5) is 11.8. The number of halogens is 1. The van der Waals surface area contributed by atoms with Gasteiger partial charge in [-0.2, -0.15) is 0 Å². The van der Waals surface area contributed by atoms with Crippen molar-refractivity contribution in [2.75, 3.05) is 0 Å². The number of rotatable bonds is 1. The van der Waals surface area contributed by atoms with Gasteiger partial charge in [0, 0.05) is 10.6 Å². The average Bonchev–Trinajstić information content (AvgIpc) is 2.89. The zero-order chi connectivity index (χ0) is 14.4. The minimum absolute atomic E-state index is 0.212. The van der Waals surface area contributed by atoms with E-state index in [9.17, 15) is 4.79 Å². The third-order valence-corrected chi connectivity index (χ3v) is 3.74. The highest BCUT2D eigenvalue weighted by Crippen LogP contribution is 2.34.